The predicted octanol–water partition coefficient (Wildman–Crippen LogP) is 5.62. The number of allylic oxidation sites excluding steroid dienone is 1. The molecule has 0 aromatic heterocycles. The second-order valence-electron chi connectivity index (χ2n) is 6.64. The first kappa shape index (κ1) is 20.3. The van der Waals surface area contributed by atoms with Gasteiger partial charge in [0, 0.05) is 32.0 Å². The third-order valence-corrected chi connectivity index (χ3v) is 5.89. The van der Waals surface area contributed by atoms with E-state index in [1.54, 1.807) is 24.4 Å². The number of nitrogens with zero attached hydrogens (tertiary/aromatic N) is 2. The molecule has 0 saturated carbocycles. The lowest BCUT2D eigenvalue weighted by Gasteiger charge is -2.27. The summed E-state index contributed by atoms with van der Waals surface area (Å²) in [4.78, 5) is 4.50. The summed E-state index contributed by atoms with van der Waals surface area (Å²) in [5.74, 6) is -0.0707. The fraction of sp³-hybridized carbons (Fsp3) is 0.0435. The van der Waals surface area contributed by atoms with Gasteiger partial charge >= 0.3 is 0 Å². The Bertz CT molecular complexity index is 1250. The number of nitriles is 1. The summed E-state index contributed by atoms with van der Waals surface area (Å²) in [6, 6.07) is 20.3. The van der Waals surface area contributed by atoms with Gasteiger partial charge in [-0.15, -0.1) is 0 Å². The van der Waals surface area contributed by atoms with Gasteiger partial charge in [0.25, 0.3) is 0 Å². The van der Waals surface area contributed by atoms with Crippen LogP contribution >= 0.6 is 34.2 Å². The zero-order valence-electron chi connectivity index (χ0n) is 15.5. The summed E-state index contributed by atoms with van der Waals surface area (Å²) in [6.45, 7) is 0. The number of aromatic hydroxyl groups is 1. The minimum atomic E-state index is -0.470. The molecule has 3 aromatic carbocycles. The van der Waals surface area contributed by atoms with Crippen molar-refractivity contribution < 1.29 is 9.84 Å². The number of hydrogen-bond acceptors (Lipinski definition) is 5. The van der Waals surface area contributed by atoms with E-state index in [0.717, 1.165) is 14.8 Å². The number of para-hydroxylation sites is 1. The minimum absolute atomic E-state index is 0.00138. The largest absolute Gasteiger partial charge is 0.507 e. The summed E-state index contributed by atoms with van der Waals surface area (Å²) in [5.41, 5.74) is 9.09. The molecule has 0 aliphatic carbocycles. The minimum Gasteiger partial charge on any atom is -0.507 e. The van der Waals surface area contributed by atoms with Crippen LogP contribution in [0, 0.1) is 14.9 Å². The van der Waals surface area contributed by atoms with Crippen molar-refractivity contribution in [2.24, 2.45) is 10.7 Å². The van der Waals surface area contributed by atoms with Crippen molar-refractivity contribution in [2.75, 3.05) is 0 Å². The summed E-state index contributed by atoms with van der Waals surface area (Å²) in [5, 5.41) is 20.8. The number of hydrogen-bond donors (Lipinski definition) is 2. The number of nitrogens with two attached hydrogens (primary N) is 1. The Morgan fingerprint density at radius 3 is 2.70 bits per heavy atom. The van der Waals surface area contributed by atoms with Crippen LogP contribution in [0.1, 0.15) is 22.6 Å². The van der Waals surface area contributed by atoms with Gasteiger partial charge in [0.2, 0.25) is 5.88 Å². The number of benzene rings is 3. The first-order valence-electron chi connectivity index (χ1n) is 8.96. The van der Waals surface area contributed by atoms with Gasteiger partial charge in [0.15, 0.2) is 0 Å². The van der Waals surface area contributed by atoms with Crippen molar-refractivity contribution in [1.82, 2.24) is 0 Å². The van der Waals surface area contributed by atoms with Gasteiger partial charge < -0.3 is 15.6 Å². The van der Waals surface area contributed by atoms with E-state index in [2.05, 4.69) is 33.7 Å². The van der Waals surface area contributed by atoms with Crippen molar-refractivity contribution in [3.05, 3.63) is 97.4 Å². The monoisotopic (exact) mass is 527 g/mol. The number of fused-ring (bicyclic) bond motifs is 1. The van der Waals surface area contributed by atoms with Crippen LogP contribution < -0.4 is 10.5 Å². The second-order valence-corrected chi connectivity index (χ2v) is 8.24. The summed E-state index contributed by atoms with van der Waals surface area (Å²) >= 11 is 8.39. The van der Waals surface area contributed by atoms with Crippen LogP contribution in [-0.2, 0) is 0 Å². The number of phenols is 1. The van der Waals surface area contributed by atoms with E-state index in [1.165, 1.54) is 6.07 Å². The molecular weight excluding hydrogens is 513 g/mol. The van der Waals surface area contributed by atoms with Crippen LogP contribution in [0.3, 0.4) is 0 Å². The summed E-state index contributed by atoms with van der Waals surface area (Å²) < 4.78 is 6.62. The Hall–Kier alpha value is -3.02. The molecule has 1 heterocycles. The number of aliphatic imine (C=N–C) groups is 1. The highest BCUT2D eigenvalue weighted by Crippen LogP contribution is 2.44. The quantitative estimate of drug-likeness (QED) is 0.342. The van der Waals surface area contributed by atoms with Crippen LogP contribution in [-0.4, -0.2) is 11.3 Å². The van der Waals surface area contributed by atoms with Gasteiger partial charge in [-0.25, -0.2) is 0 Å². The average molecular weight is 528 g/mol. The molecule has 3 N–H and O–H groups in total. The molecule has 7 heteroatoms. The SMILES string of the molecule is N#CC1=C(N)Oc2cc(O)c(C=Nc3ccccc3I)cc2[C@@H]1c1cccc(Cl)c1. The van der Waals surface area contributed by atoms with Crippen molar-refractivity contribution in [2.45, 2.75) is 5.92 Å². The number of phenolic OH excluding ortho intramolecular Hbond substituents is 1. The first-order valence-corrected chi connectivity index (χ1v) is 10.4. The highest BCUT2D eigenvalue weighted by Gasteiger charge is 2.31. The Morgan fingerprint density at radius 1 is 1.17 bits per heavy atom. The molecule has 0 unspecified atom stereocenters. The Labute approximate surface area is 192 Å². The van der Waals surface area contributed by atoms with Crippen molar-refractivity contribution in [3.8, 4) is 17.6 Å². The molecule has 3 aromatic rings. The highest BCUT2D eigenvalue weighted by molar-refractivity contribution is 14.1. The third-order valence-electron chi connectivity index (χ3n) is 4.74. The maximum atomic E-state index is 10.5. The molecule has 1 aliphatic rings. The van der Waals surface area contributed by atoms with E-state index in [-0.39, 0.29) is 17.2 Å². The van der Waals surface area contributed by atoms with E-state index < -0.39 is 5.92 Å². The fourth-order valence-corrected chi connectivity index (χ4v) is 4.06. The molecule has 0 amide bonds. The predicted molar refractivity (Wildman–Crippen MR) is 125 cm³/mol. The molecule has 0 fully saturated rings. The Balaban J connectivity index is 1.84. The maximum absolute atomic E-state index is 10.5. The standard InChI is InChI=1S/C23H15ClIN3O2/c24-15-5-3-4-13(8-15)22-16-9-14(12-28-19-7-2-1-6-18(19)25)20(29)10-21(16)30-23(27)17(22)11-26/h1-10,12,22,29H,27H2/t22-/m0/s1. The Morgan fingerprint density at radius 2 is 1.97 bits per heavy atom. The lowest BCUT2D eigenvalue weighted by Crippen LogP contribution is -2.21. The molecule has 4 rings (SSSR count). The first-order chi connectivity index (χ1) is 14.5. The molecule has 0 saturated heterocycles. The van der Waals surface area contributed by atoms with Crippen LogP contribution in [0.2, 0.25) is 5.02 Å². The van der Waals surface area contributed by atoms with Gasteiger partial charge in [-0.05, 0) is 58.5 Å². The van der Waals surface area contributed by atoms with Crippen LogP contribution in [0.5, 0.6) is 11.5 Å². The molecule has 30 heavy (non-hydrogen) atoms. The van der Waals surface area contributed by atoms with E-state index in [0.29, 0.717) is 21.9 Å². The number of ether oxygens (including phenoxy) is 1. The van der Waals surface area contributed by atoms with Gasteiger partial charge in [0.05, 0.1) is 11.6 Å². The van der Waals surface area contributed by atoms with Crippen molar-refractivity contribution >= 4 is 46.1 Å². The van der Waals surface area contributed by atoms with Crippen LogP contribution in [0.25, 0.3) is 0 Å². The molecule has 0 bridgehead atoms. The smallest absolute Gasteiger partial charge is 0.205 e. The molecule has 148 valence electrons. The van der Waals surface area contributed by atoms with Crippen LogP contribution in [0.4, 0.5) is 5.69 Å². The van der Waals surface area contributed by atoms with Gasteiger partial charge in [0.1, 0.15) is 23.1 Å². The highest BCUT2D eigenvalue weighted by atomic mass is 127. The lowest BCUT2D eigenvalue weighted by molar-refractivity contribution is 0.388. The maximum Gasteiger partial charge on any atom is 0.205 e. The lowest BCUT2D eigenvalue weighted by atomic mass is 9.83. The molecule has 0 radical (unpaired) electrons. The number of rotatable bonds is 3. The van der Waals surface area contributed by atoms with Gasteiger partial charge in [-0.2, -0.15) is 5.26 Å². The van der Waals surface area contributed by atoms with E-state index in [1.807, 2.05) is 36.4 Å². The van der Waals surface area contributed by atoms with E-state index >= 15 is 0 Å². The average Bonchev–Trinajstić information content (AvgIpc) is 2.72. The summed E-state index contributed by atoms with van der Waals surface area (Å²) in [6.07, 6.45) is 1.59. The molecule has 0 spiro atoms. The van der Waals surface area contributed by atoms with Crippen LogP contribution in [0.15, 0.2) is 77.1 Å². The zero-order valence-corrected chi connectivity index (χ0v) is 18.4. The molecule has 1 aliphatic heterocycles. The van der Waals surface area contributed by atoms with E-state index in [4.69, 9.17) is 22.1 Å². The van der Waals surface area contributed by atoms with Crippen molar-refractivity contribution in [3.63, 3.8) is 0 Å². The molecule has 5 nitrogen and oxygen atoms in total. The van der Waals surface area contributed by atoms with Gasteiger partial charge in [-0.1, -0.05) is 35.9 Å². The second kappa shape index (κ2) is 8.38. The Kier molecular flexibility index (Phi) is 5.66. The summed E-state index contributed by atoms with van der Waals surface area (Å²) in [7, 11) is 0. The molecular formula is C23H15ClIN3O2. The third kappa shape index (κ3) is 3.86. The number of halogens is 2. The fourth-order valence-electron chi connectivity index (χ4n) is 3.34. The van der Waals surface area contributed by atoms with Crippen molar-refractivity contribution in [1.29, 1.82) is 5.26 Å². The molecule has 1 atom stereocenters. The van der Waals surface area contributed by atoms with E-state index in [9.17, 15) is 10.4 Å². The normalized spacial score (nSPS) is 15.6. The zero-order chi connectivity index (χ0) is 21.3. The topological polar surface area (TPSA) is 91.6 Å². The van der Waals surface area contributed by atoms with Gasteiger partial charge in [-0.3, -0.25) is 4.99 Å².